The highest BCUT2D eigenvalue weighted by molar-refractivity contribution is 8.18. The zero-order valence-electron chi connectivity index (χ0n) is 16.9. The van der Waals surface area contributed by atoms with Crippen molar-refractivity contribution < 1.29 is 28.6 Å². The molecule has 1 aromatic carbocycles. The average Bonchev–Trinajstić information content (AvgIpc) is 2.81. The Morgan fingerprint density at radius 3 is 2.46 bits per heavy atom. The maximum Gasteiger partial charge on any atom is 0.326 e. The molecule has 0 unspecified atom stereocenters. The number of carbonyl (C=O) groups excluding carboxylic acids is 3. The van der Waals surface area contributed by atoms with Crippen LogP contribution in [-0.2, 0) is 14.3 Å². The highest BCUT2D eigenvalue weighted by atomic mass is 32.2. The molecule has 7 nitrogen and oxygen atoms in total. The lowest BCUT2D eigenvalue weighted by Gasteiger charge is -2.21. The van der Waals surface area contributed by atoms with Crippen LogP contribution in [0.1, 0.15) is 40.2 Å². The van der Waals surface area contributed by atoms with E-state index in [-0.39, 0.29) is 11.0 Å². The average molecular weight is 407 g/mol. The first-order valence-corrected chi connectivity index (χ1v) is 9.63. The van der Waals surface area contributed by atoms with E-state index in [9.17, 15) is 14.4 Å². The van der Waals surface area contributed by atoms with Crippen LogP contribution < -0.4 is 9.47 Å². The third-order valence-corrected chi connectivity index (χ3v) is 4.34. The van der Waals surface area contributed by atoms with Crippen molar-refractivity contribution in [1.29, 1.82) is 0 Å². The van der Waals surface area contributed by atoms with Crippen molar-refractivity contribution in [1.82, 2.24) is 4.90 Å². The number of nitrogens with zero attached hydrogens (tertiary/aromatic N) is 1. The SMILES string of the molecule is COc1cc(C=C2SC(=O)N(CC(=O)OC(C)(C)C)C2=O)ccc1OC(C)C. The second-order valence-electron chi connectivity index (χ2n) is 7.43. The van der Waals surface area contributed by atoms with E-state index in [1.807, 2.05) is 13.8 Å². The van der Waals surface area contributed by atoms with Gasteiger partial charge >= 0.3 is 5.97 Å². The van der Waals surface area contributed by atoms with Gasteiger partial charge in [-0.05, 0) is 70.2 Å². The van der Waals surface area contributed by atoms with E-state index in [1.165, 1.54) is 7.11 Å². The topological polar surface area (TPSA) is 82.1 Å². The number of methoxy groups -OCH3 is 1. The number of ether oxygens (including phenoxy) is 3. The Hall–Kier alpha value is -2.48. The molecule has 2 rings (SSSR count). The minimum absolute atomic E-state index is 0.0101. The Labute approximate surface area is 169 Å². The van der Waals surface area contributed by atoms with Gasteiger partial charge in [-0.2, -0.15) is 0 Å². The highest BCUT2D eigenvalue weighted by Gasteiger charge is 2.37. The van der Waals surface area contributed by atoms with Crippen LogP contribution in [0, 0.1) is 0 Å². The van der Waals surface area contributed by atoms with Crippen LogP contribution in [0.4, 0.5) is 4.79 Å². The molecule has 1 aliphatic rings. The van der Waals surface area contributed by atoms with Gasteiger partial charge in [0, 0.05) is 0 Å². The van der Waals surface area contributed by atoms with E-state index in [1.54, 1.807) is 45.0 Å². The quantitative estimate of drug-likeness (QED) is 0.523. The summed E-state index contributed by atoms with van der Waals surface area (Å²) in [7, 11) is 1.53. The molecule has 1 aromatic rings. The fraction of sp³-hybridized carbons (Fsp3) is 0.450. The molecule has 28 heavy (non-hydrogen) atoms. The molecular formula is C20H25NO6S. The zero-order chi connectivity index (χ0) is 21.1. The van der Waals surface area contributed by atoms with Gasteiger partial charge < -0.3 is 14.2 Å². The monoisotopic (exact) mass is 407 g/mol. The Kier molecular flexibility index (Phi) is 6.77. The first kappa shape index (κ1) is 21.8. The molecule has 0 atom stereocenters. The van der Waals surface area contributed by atoms with Gasteiger partial charge in [-0.25, -0.2) is 0 Å². The second-order valence-corrected chi connectivity index (χ2v) is 8.42. The molecule has 2 amide bonds. The van der Waals surface area contributed by atoms with Crippen molar-refractivity contribution in [3.63, 3.8) is 0 Å². The molecule has 8 heteroatoms. The minimum Gasteiger partial charge on any atom is -0.493 e. The van der Waals surface area contributed by atoms with E-state index < -0.39 is 29.3 Å². The van der Waals surface area contributed by atoms with Gasteiger partial charge in [0.05, 0.1) is 18.1 Å². The van der Waals surface area contributed by atoms with Gasteiger partial charge in [-0.1, -0.05) is 6.07 Å². The van der Waals surface area contributed by atoms with Crippen LogP contribution in [0.25, 0.3) is 6.08 Å². The highest BCUT2D eigenvalue weighted by Crippen LogP contribution is 2.34. The Balaban J connectivity index is 2.18. The van der Waals surface area contributed by atoms with Gasteiger partial charge in [0.2, 0.25) is 0 Å². The molecule has 1 saturated heterocycles. The van der Waals surface area contributed by atoms with E-state index in [4.69, 9.17) is 14.2 Å². The summed E-state index contributed by atoms with van der Waals surface area (Å²) >= 11 is 0.784. The molecule has 0 bridgehead atoms. The van der Waals surface area contributed by atoms with Crippen LogP contribution in [-0.4, -0.2) is 47.4 Å². The van der Waals surface area contributed by atoms with Crippen molar-refractivity contribution in [3.8, 4) is 11.5 Å². The predicted octanol–water partition coefficient (Wildman–Crippen LogP) is 3.86. The third kappa shape index (κ3) is 5.76. The first-order valence-electron chi connectivity index (χ1n) is 8.82. The van der Waals surface area contributed by atoms with Crippen LogP contribution >= 0.6 is 11.8 Å². The zero-order valence-corrected chi connectivity index (χ0v) is 17.7. The Bertz CT molecular complexity index is 809. The molecule has 0 aliphatic carbocycles. The van der Waals surface area contributed by atoms with Gasteiger partial charge in [0.15, 0.2) is 11.5 Å². The molecule has 152 valence electrons. The van der Waals surface area contributed by atoms with Crippen molar-refractivity contribution in [3.05, 3.63) is 28.7 Å². The number of hydrogen-bond donors (Lipinski definition) is 0. The number of rotatable bonds is 6. The maximum absolute atomic E-state index is 12.5. The Morgan fingerprint density at radius 1 is 1.21 bits per heavy atom. The number of benzene rings is 1. The molecule has 0 N–H and O–H groups in total. The summed E-state index contributed by atoms with van der Waals surface area (Å²) in [6.07, 6.45) is 1.57. The molecule has 0 aromatic heterocycles. The van der Waals surface area contributed by atoms with Crippen molar-refractivity contribution in [2.75, 3.05) is 13.7 Å². The van der Waals surface area contributed by atoms with E-state index in [0.29, 0.717) is 17.1 Å². The molecule has 0 radical (unpaired) electrons. The lowest BCUT2D eigenvalue weighted by atomic mass is 10.2. The van der Waals surface area contributed by atoms with Crippen LogP contribution in [0.5, 0.6) is 11.5 Å². The number of esters is 1. The summed E-state index contributed by atoms with van der Waals surface area (Å²) in [6.45, 7) is 8.57. The normalized spacial score (nSPS) is 16.1. The summed E-state index contributed by atoms with van der Waals surface area (Å²) in [5.41, 5.74) is -0.0128. The van der Waals surface area contributed by atoms with Gasteiger partial charge in [0.1, 0.15) is 12.1 Å². The number of imide groups is 1. The summed E-state index contributed by atoms with van der Waals surface area (Å²) in [4.78, 5) is 37.8. The smallest absolute Gasteiger partial charge is 0.326 e. The molecular weight excluding hydrogens is 382 g/mol. The van der Waals surface area contributed by atoms with Gasteiger partial charge in [0.25, 0.3) is 11.1 Å². The fourth-order valence-corrected chi connectivity index (χ4v) is 3.25. The fourth-order valence-electron chi connectivity index (χ4n) is 2.42. The number of carbonyl (C=O) groups is 3. The van der Waals surface area contributed by atoms with Crippen LogP contribution in [0.2, 0.25) is 0 Å². The second kappa shape index (κ2) is 8.68. The number of thioether (sulfide) groups is 1. The summed E-state index contributed by atoms with van der Waals surface area (Å²) in [5, 5.41) is -0.506. The van der Waals surface area contributed by atoms with Crippen LogP contribution in [0.15, 0.2) is 23.1 Å². The number of amides is 2. The molecule has 1 heterocycles. The first-order chi connectivity index (χ1) is 13.0. The largest absolute Gasteiger partial charge is 0.493 e. The van der Waals surface area contributed by atoms with E-state index >= 15 is 0 Å². The minimum atomic E-state index is -0.689. The number of hydrogen-bond acceptors (Lipinski definition) is 7. The lowest BCUT2D eigenvalue weighted by Crippen LogP contribution is -2.37. The summed E-state index contributed by atoms with van der Waals surface area (Å²) < 4.78 is 16.2. The summed E-state index contributed by atoms with van der Waals surface area (Å²) in [6, 6.07) is 5.23. The van der Waals surface area contributed by atoms with E-state index in [0.717, 1.165) is 16.7 Å². The van der Waals surface area contributed by atoms with Gasteiger partial charge in [-0.3, -0.25) is 19.3 Å². The molecule has 1 aliphatic heterocycles. The van der Waals surface area contributed by atoms with Gasteiger partial charge in [-0.15, -0.1) is 0 Å². The standard InChI is InChI=1S/C20H25NO6S/c1-12(2)26-14-8-7-13(9-15(14)25-6)10-16-18(23)21(19(24)28-16)11-17(22)27-20(3,4)5/h7-10,12H,11H2,1-6H3. The summed E-state index contributed by atoms with van der Waals surface area (Å²) in [5.74, 6) is -0.0432. The lowest BCUT2D eigenvalue weighted by molar-refractivity contribution is -0.156. The molecule has 0 spiro atoms. The van der Waals surface area contributed by atoms with Crippen molar-refractivity contribution >= 4 is 35.0 Å². The van der Waals surface area contributed by atoms with Crippen molar-refractivity contribution in [2.45, 2.75) is 46.3 Å². The van der Waals surface area contributed by atoms with E-state index in [2.05, 4.69) is 0 Å². The molecule has 1 fully saturated rings. The Morgan fingerprint density at radius 2 is 1.89 bits per heavy atom. The van der Waals surface area contributed by atoms with Crippen LogP contribution in [0.3, 0.4) is 0 Å². The molecule has 0 saturated carbocycles. The maximum atomic E-state index is 12.5. The van der Waals surface area contributed by atoms with Crippen molar-refractivity contribution in [2.24, 2.45) is 0 Å². The predicted molar refractivity (Wildman–Crippen MR) is 107 cm³/mol. The third-order valence-electron chi connectivity index (χ3n) is 3.43.